The number of aromatic amines is 1. The number of aromatic nitrogens is 3. The number of hydrogen-bond donors (Lipinski definition) is 5. The number of aliphatic hydroxyl groups is 2. The highest BCUT2D eigenvalue weighted by atomic mass is 16.3. The second-order valence-electron chi connectivity index (χ2n) is 6.05. The van der Waals surface area contributed by atoms with Gasteiger partial charge in [-0.25, -0.2) is 9.78 Å². The fourth-order valence-corrected chi connectivity index (χ4v) is 2.80. The molecule has 2 unspecified atom stereocenters. The van der Waals surface area contributed by atoms with Crippen molar-refractivity contribution in [2.75, 3.05) is 5.32 Å². The van der Waals surface area contributed by atoms with Crippen molar-refractivity contribution >= 4 is 22.8 Å². The predicted octanol–water partition coefficient (Wildman–Crippen LogP) is 2.39. The van der Waals surface area contributed by atoms with Crippen molar-refractivity contribution in [1.29, 1.82) is 0 Å². The van der Waals surface area contributed by atoms with E-state index in [0.717, 1.165) is 5.56 Å². The predicted molar refractivity (Wildman–Crippen MR) is 97.5 cm³/mol. The van der Waals surface area contributed by atoms with Crippen molar-refractivity contribution < 1.29 is 15.0 Å². The number of urea groups is 1. The van der Waals surface area contributed by atoms with Crippen molar-refractivity contribution in [3.8, 4) is 0 Å². The van der Waals surface area contributed by atoms with Crippen LogP contribution in [0.1, 0.15) is 42.9 Å². The van der Waals surface area contributed by atoms with Crippen molar-refractivity contribution in [3.05, 3.63) is 53.3 Å². The minimum absolute atomic E-state index is 0.175. The number of hydrogen-bond acceptors (Lipinski definition) is 5. The molecule has 136 valence electrons. The number of benzene rings is 1. The van der Waals surface area contributed by atoms with Crippen molar-refractivity contribution in [3.63, 3.8) is 0 Å². The molecule has 2 aromatic heterocycles. The monoisotopic (exact) mass is 355 g/mol. The van der Waals surface area contributed by atoms with E-state index in [1.807, 2.05) is 37.3 Å². The molecule has 0 saturated carbocycles. The van der Waals surface area contributed by atoms with Crippen LogP contribution in [-0.2, 0) is 6.61 Å². The number of pyridine rings is 1. The zero-order valence-electron chi connectivity index (χ0n) is 14.5. The molecule has 1 aromatic carbocycles. The van der Waals surface area contributed by atoms with Crippen molar-refractivity contribution in [2.45, 2.75) is 32.6 Å². The molecule has 5 N–H and O–H groups in total. The van der Waals surface area contributed by atoms with Gasteiger partial charge in [0.1, 0.15) is 11.5 Å². The van der Waals surface area contributed by atoms with Crippen LogP contribution in [0.3, 0.4) is 0 Å². The summed E-state index contributed by atoms with van der Waals surface area (Å²) in [5.74, 6) is 0.278. The highest BCUT2D eigenvalue weighted by Crippen LogP contribution is 2.26. The number of anilines is 1. The van der Waals surface area contributed by atoms with E-state index >= 15 is 0 Å². The Hall–Kier alpha value is -2.97. The van der Waals surface area contributed by atoms with Gasteiger partial charge in [-0.1, -0.05) is 30.3 Å². The van der Waals surface area contributed by atoms with Gasteiger partial charge in [0.2, 0.25) is 0 Å². The molecular weight excluding hydrogens is 334 g/mol. The van der Waals surface area contributed by atoms with Crippen LogP contribution in [0.4, 0.5) is 10.6 Å². The molecule has 3 rings (SSSR count). The van der Waals surface area contributed by atoms with Gasteiger partial charge in [0.05, 0.1) is 30.0 Å². The summed E-state index contributed by atoms with van der Waals surface area (Å²) >= 11 is 0. The van der Waals surface area contributed by atoms with Gasteiger partial charge in [-0.2, -0.15) is 5.10 Å². The molecule has 0 radical (unpaired) electrons. The molecule has 0 aliphatic carbocycles. The van der Waals surface area contributed by atoms with Crippen LogP contribution >= 0.6 is 0 Å². The van der Waals surface area contributed by atoms with Crippen molar-refractivity contribution in [1.82, 2.24) is 20.5 Å². The van der Waals surface area contributed by atoms with Gasteiger partial charge < -0.3 is 15.5 Å². The standard InChI is InChI=1S/C18H21N5O3/c1-10(12-6-4-3-5-7-12)19-18(26)21-15-8-13-16(14(9-24)20-15)17(11(2)25)23-22-13/h3-8,10-11,24-25H,9H2,1-2H3,(H,22,23)(H2,19,20,21,26). The summed E-state index contributed by atoms with van der Waals surface area (Å²) in [6, 6.07) is 10.6. The number of amides is 2. The highest BCUT2D eigenvalue weighted by molar-refractivity contribution is 5.92. The lowest BCUT2D eigenvalue weighted by atomic mass is 10.1. The van der Waals surface area contributed by atoms with E-state index in [1.54, 1.807) is 13.0 Å². The maximum absolute atomic E-state index is 12.3. The van der Waals surface area contributed by atoms with Gasteiger partial charge in [0.15, 0.2) is 0 Å². The Balaban J connectivity index is 1.79. The lowest BCUT2D eigenvalue weighted by Crippen LogP contribution is -2.31. The van der Waals surface area contributed by atoms with E-state index in [1.165, 1.54) is 0 Å². The van der Waals surface area contributed by atoms with E-state index < -0.39 is 12.1 Å². The van der Waals surface area contributed by atoms with Crippen LogP contribution in [0.5, 0.6) is 0 Å². The second kappa shape index (κ2) is 7.51. The molecule has 0 fully saturated rings. The molecular formula is C18H21N5O3. The topological polar surface area (TPSA) is 123 Å². The molecule has 2 amide bonds. The molecule has 0 spiro atoms. The lowest BCUT2D eigenvalue weighted by Gasteiger charge is -2.15. The Morgan fingerprint density at radius 2 is 2.00 bits per heavy atom. The van der Waals surface area contributed by atoms with Gasteiger partial charge in [-0.15, -0.1) is 0 Å². The smallest absolute Gasteiger partial charge is 0.320 e. The number of carbonyl (C=O) groups is 1. The first kappa shape index (κ1) is 17.8. The summed E-state index contributed by atoms with van der Waals surface area (Å²) < 4.78 is 0. The molecule has 8 nitrogen and oxygen atoms in total. The number of aliphatic hydroxyl groups excluding tert-OH is 2. The molecule has 8 heteroatoms. The van der Waals surface area contributed by atoms with Gasteiger partial charge in [-0.05, 0) is 19.4 Å². The first-order valence-corrected chi connectivity index (χ1v) is 8.29. The van der Waals surface area contributed by atoms with Crippen LogP contribution in [0.2, 0.25) is 0 Å². The minimum atomic E-state index is -0.801. The van der Waals surface area contributed by atoms with E-state index in [2.05, 4.69) is 25.8 Å². The summed E-state index contributed by atoms with van der Waals surface area (Å²) in [5, 5.41) is 32.3. The number of rotatable bonds is 5. The fourth-order valence-electron chi connectivity index (χ4n) is 2.80. The minimum Gasteiger partial charge on any atom is -0.390 e. The zero-order chi connectivity index (χ0) is 18.7. The molecule has 26 heavy (non-hydrogen) atoms. The number of carbonyl (C=O) groups excluding carboxylic acids is 1. The van der Waals surface area contributed by atoms with Crippen LogP contribution in [-0.4, -0.2) is 31.4 Å². The summed E-state index contributed by atoms with van der Waals surface area (Å²) in [5.41, 5.74) is 2.30. The van der Waals surface area contributed by atoms with E-state index in [9.17, 15) is 15.0 Å². The molecule has 2 atom stereocenters. The third kappa shape index (κ3) is 3.66. The maximum Gasteiger partial charge on any atom is 0.320 e. The summed E-state index contributed by atoms with van der Waals surface area (Å²) in [6.07, 6.45) is -0.801. The van der Waals surface area contributed by atoms with Crippen molar-refractivity contribution in [2.24, 2.45) is 0 Å². The average Bonchev–Trinajstić information content (AvgIpc) is 3.05. The van der Waals surface area contributed by atoms with Crippen LogP contribution in [0.25, 0.3) is 10.9 Å². The van der Waals surface area contributed by atoms with Gasteiger partial charge in [0.25, 0.3) is 0 Å². The van der Waals surface area contributed by atoms with Crippen LogP contribution in [0, 0.1) is 0 Å². The number of fused-ring (bicyclic) bond motifs is 1. The Morgan fingerprint density at radius 1 is 1.27 bits per heavy atom. The van der Waals surface area contributed by atoms with E-state index in [4.69, 9.17) is 0 Å². The van der Waals surface area contributed by atoms with Crippen LogP contribution < -0.4 is 10.6 Å². The zero-order valence-corrected chi connectivity index (χ0v) is 14.5. The molecule has 0 aliphatic heterocycles. The van der Waals surface area contributed by atoms with Gasteiger partial charge in [0, 0.05) is 11.5 Å². The Bertz CT molecular complexity index is 908. The molecule has 3 aromatic rings. The summed E-state index contributed by atoms with van der Waals surface area (Å²) in [4.78, 5) is 16.5. The fraction of sp³-hybridized carbons (Fsp3) is 0.278. The van der Waals surface area contributed by atoms with E-state index in [0.29, 0.717) is 22.3 Å². The maximum atomic E-state index is 12.3. The number of H-pyrrole nitrogens is 1. The largest absolute Gasteiger partial charge is 0.390 e. The third-order valence-corrected chi connectivity index (χ3v) is 4.08. The first-order valence-electron chi connectivity index (χ1n) is 8.29. The van der Waals surface area contributed by atoms with Crippen LogP contribution in [0.15, 0.2) is 36.4 Å². The second-order valence-corrected chi connectivity index (χ2v) is 6.05. The van der Waals surface area contributed by atoms with Gasteiger partial charge in [-0.3, -0.25) is 10.4 Å². The van der Waals surface area contributed by atoms with E-state index in [-0.39, 0.29) is 18.5 Å². The molecule has 0 saturated heterocycles. The normalized spacial score (nSPS) is 13.4. The third-order valence-electron chi connectivity index (χ3n) is 4.08. The number of nitrogens with zero attached hydrogens (tertiary/aromatic N) is 2. The average molecular weight is 355 g/mol. The molecule has 0 bridgehead atoms. The SMILES string of the molecule is CC(O)c1n[nH]c2cc(NC(=O)NC(C)c3ccccc3)nc(CO)c12. The molecule has 2 heterocycles. The molecule has 0 aliphatic rings. The number of nitrogens with one attached hydrogen (secondary N) is 3. The Labute approximate surface area is 150 Å². The first-order chi connectivity index (χ1) is 12.5. The Kier molecular flexibility index (Phi) is 5.15. The lowest BCUT2D eigenvalue weighted by molar-refractivity contribution is 0.195. The quantitative estimate of drug-likeness (QED) is 0.481. The Morgan fingerprint density at radius 3 is 2.65 bits per heavy atom. The summed E-state index contributed by atoms with van der Waals surface area (Å²) in [6.45, 7) is 3.13. The highest BCUT2D eigenvalue weighted by Gasteiger charge is 2.17. The summed E-state index contributed by atoms with van der Waals surface area (Å²) in [7, 11) is 0. The van der Waals surface area contributed by atoms with Gasteiger partial charge >= 0.3 is 6.03 Å².